The first-order valence-corrected chi connectivity index (χ1v) is 7.14. The normalized spacial score (nSPS) is 26.5. The average Bonchev–Trinajstić information content (AvgIpc) is 2.80. The molecule has 2 aliphatic rings. The number of hydrogen-bond acceptors (Lipinski definition) is 3. The van der Waals surface area contributed by atoms with Crippen LogP contribution in [0.25, 0.3) is 0 Å². The van der Waals surface area contributed by atoms with E-state index in [0.29, 0.717) is 18.1 Å². The van der Waals surface area contributed by atoms with Crippen molar-refractivity contribution in [2.75, 3.05) is 20.3 Å². The third kappa shape index (κ3) is 3.43. The van der Waals surface area contributed by atoms with Crippen LogP contribution >= 0.6 is 0 Å². The van der Waals surface area contributed by atoms with Gasteiger partial charge >= 0.3 is 0 Å². The smallest absolute Gasteiger partial charge is 0.0638 e. The molecule has 17 heavy (non-hydrogen) atoms. The fourth-order valence-electron chi connectivity index (χ4n) is 3.71. The highest BCUT2D eigenvalue weighted by Gasteiger charge is 2.37. The van der Waals surface area contributed by atoms with Gasteiger partial charge in [0.25, 0.3) is 0 Å². The number of aliphatic hydroxyl groups excluding tert-OH is 1. The van der Waals surface area contributed by atoms with Crippen LogP contribution in [0.2, 0.25) is 0 Å². The van der Waals surface area contributed by atoms with E-state index >= 15 is 0 Å². The van der Waals surface area contributed by atoms with Gasteiger partial charge < -0.3 is 15.2 Å². The van der Waals surface area contributed by atoms with Crippen molar-refractivity contribution in [2.24, 2.45) is 5.41 Å². The molecule has 0 aliphatic heterocycles. The average molecular weight is 241 g/mol. The van der Waals surface area contributed by atoms with Crippen molar-refractivity contribution >= 4 is 0 Å². The van der Waals surface area contributed by atoms with E-state index in [0.717, 1.165) is 0 Å². The Morgan fingerprint density at radius 2 is 1.88 bits per heavy atom. The van der Waals surface area contributed by atoms with Crippen molar-refractivity contribution in [2.45, 2.75) is 63.5 Å². The highest BCUT2D eigenvalue weighted by Crippen LogP contribution is 2.48. The summed E-state index contributed by atoms with van der Waals surface area (Å²) in [6.45, 7) is 0.785. The second-order valence-electron chi connectivity index (χ2n) is 5.98. The predicted octanol–water partition coefficient (Wildman–Crippen LogP) is 2.09. The van der Waals surface area contributed by atoms with Crippen molar-refractivity contribution < 1.29 is 9.84 Å². The van der Waals surface area contributed by atoms with E-state index in [1.54, 1.807) is 7.11 Å². The van der Waals surface area contributed by atoms with Gasteiger partial charge in [-0.1, -0.05) is 12.8 Å². The van der Waals surface area contributed by atoms with Crippen LogP contribution in [0.15, 0.2) is 0 Å². The van der Waals surface area contributed by atoms with Crippen LogP contribution in [-0.2, 0) is 4.74 Å². The molecule has 2 saturated carbocycles. The molecule has 2 fully saturated rings. The molecule has 100 valence electrons. The van der Waals surface area contributed by atoms with Crippen LogP contribution in [0, 0.1) is 5.41 Å². The van der Waals surface area contributed by atoms with Crippen LogP contribution in [-0.4, -0.2) is 37.5 Å². The van der Waals surface area contributed by atoms with E-state index in [1.165, 1.54) is 51.4 Å². The molecule has 0 aromatic rings. The topological polar surface area (TPSA) is 41.5 Å². The van der Waals surface area contributed by atoms with Gasteiger partial charge in [0, 0.05) is 13.2 Å². The van der Waals surface area contributed by atoms with E-state index < -0.39 is 0 Å². The minimum Gasteiger partial charge on any atom is -0.395 e. The standard InChI is InChI=1S/C14H27NO2/c1-17-11-13(10-16)15-12-4-8-14(9-5-12)6-2-3-7-14/h12-13,15-16H,2-11H2,1H3. The van der Waals surface area contributed by atoms with Crippen LogP contribution in [0.1, 0.15) is 51.4 Å². The van der Waals surface area contributed by atoms with Crippen molar-refractivity contribution in [3.63, 3.8) is 0 Å². The Balaban J connectivity index is 1.74. The van der Waals surface area contributed by atoms with Crippen molar-refractivity contribution in [1.82, 2.24) is 5.32 Å². The zero-order valence-corrected chi connectivity index (χ0v) is 11.1. The van der Waals surface area contributed by atoms with E-state index in [2.05, 4.69) is 5.32 Å². The summed E-state index contributed by atoms with van der Waals surface area (Å²) in [5.74, 6) is 0. The molecule has 0 heterocycles. The SMILES string of the molecule is COCC(CO)NC1CCC2(CCCC2)CC1. The fourth-order valence-corrected chi connectivity index (χ4v) is 3.71. The largest absolute Gasteiger partial charge is 0.395 e. The first kappa shape index (κ1) is 13.3. The molecule has 2 aliphatic carbocycles. The number of hydrogen-bond donors (Lipinski definition) is 2. The molecule has 3 nitrogen and oxygen atoms in total. The number of aliphatic hydroxyl groups is 1. The molecule has 2 rings (SSSR count). The molecule has 0 bridgehead atoms. The molecule has 0 aromatic heterocycles. The van der Waals surface area contributed by atoms with Gasteiger partial charge in [0.15, 0.2) is 0 Å². The second-order valence-corrected chi connectivity index (χ2v) is 5.98. The van der Waals surface area contributed by atoms with E-state index in [9.17, 15) is 5.11 Å². The number of nitrogens with one attached hydrogen (secondary N) is 1. The van der Waals surface area contributed by atoms with Gasteiger partial charge in [-0.2, -0.15) is 0 Å². The van der Waals surface area contributed by atoms with Crippen LogP contribution in [0.5, 0.6) is 0 Å². The molecule has 1 unspecified atom stereocenters. The zero-order chi connectivity index (χ0) is 12.1. The number of ether oxygens (including phenoxy) is 1. The fraction of sp³-hybridized carbons (Fsp3) is 1.00. The monoisotopic (exact) mass is 241 g/mol. The minimum atomic E-state index is 0.114. The van der Waals surface area contributed by atoms with Gasteiger partial charge in [-0.05, 0) is 43.9 Å². The van der Waals surface area contributed by atoms with Gasteiger partial charge in [0.2, 0.25) is 0 Å². The van der Waals surface area contributed by atoms with Gasteiger partial charge in [-0.15, -0.1) is 0 Å². The maximum atomic E-state index is 9.25. The molecular weight excluding hydrogens is 214 g/mol. The summed E-state index contributed by atoms with van der Waals surface area (Å²) in [6, 6.07) is 0.705. The molecule has 3 heteroatoms. The van der Waals surface area contributed by atoms with Crippen LogP contribution < -0.4 is 5.32 Å². The van der Waals surface area contributed by atoms with Crippen molar-refractivity contribution in [3.05, 3.63) is 0 Å². The molecule has 0 aromatic carbocycles. The lowest BCUT2D eigenvalue weighted by Gasteiger charge is -2.38. The Kier molecular flexibility index (Phi) is 4.83. The summed E-state index contributed by atoms with van der Waals surface area (Å²) in [4.78, 5) is 0. The molecule has 0 amide bonds. The van der Waals surface area contributed by atoms with Crippen molar-refractivity contribution in [3.8, 4) is 0 Å². The maximum absolute atomic E-state index is 9.25. The summed E-state index contributed by atoms with van der Waals surface area (Å²) >= 11 is 0. The molecule has 1 atom stereocenters. The number of rotatable bonds is 5. The molecular formula is C14H27NO2. The maximum Gasteiger partial charge on any atom is 0.0638 e. The number of methoxy groups -OCH3 is 1. The third-order valence-electron chi connectivity index (χ3n) is 4.77. The van der Waals surface area contributed by atoms with E-state index in [1.807, 2.05) is 0 Å². The second kappa shape index (κ2) is 6.17. The predicted molar refractivity (Wildman–Crippen MR) is 69.0 cm³/mol. The Morgan fingerprint density at radius 1 is 1.24 bits per heavy atom. The minimum absolute atomic E-state index is 0.114. The summed E-state index contributed by atoms with van der Waals surface area (Å²) in [5.41, 5.74) is 0.703. The van der Waals surface area contributed by atoms with Gasteiger partial charge in [-0.3, -0.25) is 0 Å². The summed E-state index contributed by atoms with van der Waals surface area (Å²) in [7, 11) is 1.69. The highest BCUT2D eigenvalue weighted by atomic mass is 16.5. The molecule has 2 N–H and O–H groups in total. The zero-order valence-electron chi connectivity index (χ0n) is 11.1. The quantitative estimate of drug-likeness (QED) is 0.774. The van der Waals surface area contributed by atoms with Gasteiger partial charge in [0.1, 0.15) is 0 Å². The summed E-state index contributed by atoms with van der Waals surface area (Å²) in [5, 5.41) is 12.8. The van der Waals surface area contributed by atoms with E-state index in [-0.39, 0.29) is 12.6 Å². The van der Waals surface area contributed by atoms with Crippen molar-refractivity contribution in [1.29, 1.82) is 0 Å². The first-order valence-electron chi connectivity index (χ1n) is 7.14. The Morgan fingerprint density at radius 3 is 2.41 bits per heavy atom. The highest BCUT2D eigenvalue weighted by molar-refractivity contribution is 4.91. The van der Waals surface area contributed by atoms with Gasteiger partial charge in [0.05, 0.1) is 19.3 Å². The van der Waals surface area contributed by atoms with Crippen LogP contribution in [0.4, 0.5) is 0 Å². The Bertz CT molecular complexity index is 216. The van der Waals surface area contributed by atoms with Gasteiger partial charge in [-0.25, -0.2) is 0 Å². The molecule has 0 radical (unpaired) electrons. The first-order chi connectivity index (χ1) is 8.28. The molecule has 1 spiro atoms. The lowest BCUT2D eigenvalue weighted by molar-refractivity contribution is 0.104. The molecule has 0 saturated heterocycles. The summed E-state index contributed by atoms with van der Waals surface area (Å²) in [6.07, 6.45) is 11.1. The lowest BCUT2D eigenvalue weighted by Crippen LogP contribution is -2.45. The lowest BCUT2D eigenvalue weighted by atomic mass is 9.71. The summed E-state index contributed by atoms with van der Waals surface area (Å²) < 4.78 is 5.11. The van der Waals surface area contributed by atoms with E-state index in [4.69, 9.17) is 4.74 Å². The Labute approximate surface area is 105 Å². The Hall–Kier alpha value is -0.120. The third-order valence-corrected chi connectivity index (χ3v) is 4.77. The van der Waals surface area contributed by atoms with Crippen LogP contribution in [0.3, 0.4) is 0 Å².